The molecule has 2 fully saturated rings. The van der Waals surface area contributed by atoms with Gasteiger partial charge in [-0.25, -0.2) is 0 Å². The molecule has 0 aromatic heterocycles. The SMILES string of the molecule is CCCCOc1ccc(C(=O)C(CCC(CN2CCOCC2)C(=O)c2ccc(OCCCC)cc2)CN2CCOCC2)cc1. The summed E-state index contributed by atoms with van der Waals surface area (Å²) < 4.78 is 22.8. The number of Topliss-reactive ketones (excluding diaryl/α,β-unsaturated/α-hetero) is 2. The highest BCUT2D eigenvalue weighted by Gasteiger charge is 2.29. The molecule has 0 spiro atoms. The molecule has 44 heavy (non-hydrogen) atoms. The first-order valence-electron chi connectivity index (χ1n) is 16.7. The molecule has 2 aliphatic heterocycles. The van der Waals surface area contributed by atoms with Gasteiger partial charge in [-0.2, -0.15) is 0 Å². The number of nitrogens with zero attached hydrogens (tertiary/aromatic N) is 2. The van der Waals surface area contributed by atoms with E-state index in [1.54, 1.807) is 0 Å². The lowest BCUT2D eigenvalue weighted by Gasteiger charge is -2.32. The van der Waals surface area contributed by atoms with Gasteiger partial charge < -0.3 is 18.9 Å². The first-order valence-corrected chi connectivity index (χ1v) is 16.7. The van der Waals surface area contributed by atoms with Crippen LogP contribution in [0.1, 0.15) is 73.1 Å². The lowest BCUT2D eigenvalue weighted by Crippen LogP contribution is -2.42. The van der Waals surface area contributed by atoms with E-state index in [0.29, 0.717) is 76.7 Å². The standard InChI is InChI=1S/C36H52N2O6/c1-3-5-21-43-33-13-9-29(10-14-33)35(39)31(27-37-17-23-41-24-18-37)7-8-32(28-38-19-25-42-26-20-38)36(40)30-11-15-34(16-12-30)44-22-6-4-2/h9-16,31-32H,3-8,17-28H2,1-2H3. The van der Waals surface area contributed by atoms with Crippen LogP contribution in [-0.2, 0) is 9.47 Å². The fourth-order valence-electron chi connectivity index (χ4n) is 5.77. The Kier molecular flexibility index (Phi) is 14.6. The smallest absolute Gasteiger partial charge is 0.167 e. The third-order valence-corrected chi connectivity index (χ3v) is 8.58. The number of ketones is 2. The number of morpholine rings is 2. The van der Waals surface area contributed by atoms with Crippen molar-refractivity contribution in [1.29, 1.82) is 0 Å². The summed E-state index contributed by atoms with van der Waals surface area (Å²) in [7, 11) is 0. The molecule has 4 rings (SSSR count). The van der Waals surface area contributed by atoms with E-state index in [1.165, 1.54) is 0 Å². The normalized spacial score (nSPS) is 17.6. The van der Waals surface area contributed by atoms with E-state index < -0.39 is 0 Å². The van der Waals surface area contributed by atoms with Crippen molar-refractivity contribution in [2.24, 2.45) is 11.8 Å². The van der Waals surface area contributed by atoms with Crippen LogP contribution < -0.4 is 9.47 Å². The minimum atomic E-state index is -0.214. The number of unbranched alkanes of at least 4 members (excludes halogenated alkanes) is 2. The summed E-state index contributed by atoms with van der Waals surface area (Å²) in [6, 6.07) is 15.1. The zero-order valence-corrected chi connectivity index (χ0v) is 26.8. The van der Waals surface area contributed by atoms with Gasteiger partial charge in [0.1, 0.15) is 11.5 Å². The number of carbonyl (C=O) groups excluding carboxylic acids is 2. The van der Waals surface area contributed by atoms with Crippen LogP contribution in [0.25, 0.3) is 0 Å². The van der Waals surface area contributed by atoms with Crippen LogP contribution in [0.2, 0.25) is 0 Å². The van der Waals surface area contributed by atoms with Gasteiger partial charge in [-0.3, -0.25) is 19.4 Å². The van der Waals surface area contributed by atoms with Crippen LogP contribution in [0.5, 0.6) is 11.5 Å². The Hall–Kier alpha value is -2.78. The maximum Gasteiger partial charge on any atom is 0.167 e. The Balaban J connectivity index is 1.47. The van der Waals surface area contributed by atoms with Crippen LogP contribution in [0.4, 0.5) is 0 Å². The molecule has 2 aromatic rings. The molecule has 8 heteroatoms. The lowest BCUT2D eigenvalue weighted by atomic mass is 9.86. The van der Waals surface area contributed by atoms with E-state index in [-0.39, 0.29) is 23.4 Å². The van der Waals surface area contributed by atoms with Gasteiger partial charge in [0.2, 0.25) is 0 Å². The van der Waals surface area contributed by atoms with Gasteiger partial charge in [0.05, 0.1) is 39.6 Å². The van der Waals surface area contributed by atoms with E-state index in [2.05, 4.69) is 23.6 Å². The summed E-state index contributed by atoms with van der Waals surface area (Å²) in [5.41, 5.74) is 1.39. The molecule has 0 bridgehead atoms. The van der Waals surface area contributed by atoms with E-state index in [4.69, 9.17) is 18.9 Å². The zero-order chi connectivity index (χ0) is 31.0. The third-order valence-electron chi connectivity index (χ3n) is 8.58. The van der Waals surface area contributed by atoms with Gasteiger partial charge in [0.25, 0.3) is 0 Å². The van der Waals surface area contributed by atoms with Gasteiger partial charge in [0.15, 0.2) is 11.6 Å². The molecule has 2 saturated heterocycles. The van der Waals surface area contributed by atoms with Crippen LogP contribution >= 0.6 is 0 Å². The molecular weight excluding hydrogens is 556 g/mol. The van der Waals surface area contributed by atoms with Crippen molar-refractivity contribution >= 4 is 11.6 Å². The maximum absolute atomic E-state index is 14.0. The second-order valence-electron chi connectivity index (χ2n) is 12.0. The Bertz CT molecular complexity index is 1020. The second kappa shape index (κ2) is 18.9. The number of carbonyl (C=O) groups is 2. The van der Waals surface area contributed by atoms with E-state index in [0.717, 1.165) is 63.4 Å². The van der Waals surface area contributed by atoms with Gasteiger partial charge in [0, 0.05) is 62.2 Å². The molecule has 0 amide bonds. The number of ether oxygens (including phenoxy) is 4. The van der Waals surface area contributed by atoms with Gasteiger partial charge in [-0.1, -0.05) is 26.7 Å². The molecule has 0 aliphatic carbocycles. The van der Waals surface area contributed by atoms with Crippen molar-refractivity contribution in [3.05, 3.63) is 59.7 Å². The molecule has 0 saturated carbocycles. The van der Waals surface area contributed by atoms with Crippen molar-refractivity contribution in [2.75, 3.05) is 78.9 Å². The summed E-state index contributed by atoms with van der Waals surface area (Å²) in [5, 5.41) is 0. The van der Waals surface area contributed by atoms with Gasteiger partial charge in [-0.15, -0.1) is 0 Å². The number of rotatable bonds is 19. The van der Waals surface area contributed by atoms with Crippen molar-refractivity contribution in [3.63, 3.8) is 0 Å². The van der Waals surface area contributed by atoms with Crippen LogP contribution in [0, 0.1) is 11.8 Å². The summed E-state index contributed by atoms with van der Waals surface area (Å²) >= 11 is 0. The van der Waals surface area contributed by atoms with Crippen molar-refractivity contribution in [1.82, 2.24) is 9.80 Å². The first kappa shape index (κ1) is 34.1. The molecule has 0 N–H and O–H groups in total. The highest BCUT2D eigenvalue weighted by Crippen LogP contribution is 2.25. The Morgan fingerprint density at radius 3 is 1.34 bits per heavy atom. The predicted octanol–water partition coefficient (Wildman–Crippen LogP) is 5.79. The Morgan fingerprint density at radius 2 is 1.00 bits per heavy atom. The molecule has 2 aliphatic rings. The first-order chi connectivity index (χ1) is 21.6. The van der Waals surface area contributed by atoms with E-state index in [1.807, 2.05) is 48.5 Å². The Morgan fingerprint density at radius 1 is 0.636 bits per heavy atom. The topological polar surface area (TPSA) is 77.5 Å². The van der Waals surface area contributed by atoms with Crippen molar-refractivity contribution < 1.29 is 28.5 Å². The van der Waals surface area contributed by atoms with Crippen LogP contribution in [0.3, 0.4) is 0 Å². The molecule has 2 atom stereocenters. The van der Waals surface area contributed by atoms with Gasteiger partial charge in [-0.05, 0) is 74.2 Å². The molecule has 2 heterocycles. The van der Waals surface area contributed by atoms with Crippen molar-refractivity contribution in [3.8, 4) is 11.5 Å². The molecule has 2 unspecified atom stereocenters. The maximum atomic E-state index is 14.0. The lowest BCUT2D eigenvalue weighted by molar-refractivity contribution is 0.0254. The summed E-state index contributed by atoms with van der Waals surface area (Å²) in [4.78, 5) is 32.6. The summed E-state index contributed by atoms with van der Waals surface area (Å²) in [6.45, 7) is 13.0. The molecule has 2 aromatic carbocycles. The fraction of sp³-hybridized carbons (Fsp3) is 0.611. The second-order valence-corrected chi connectivity index (χ2v) is 12.0. The highest BCUT2D eigenvalue weighted by atomic mass is 16.5. The fourth-order valence-corrected chi connectivity index (χ4v) is 5.77. The van der Waals surface area contributed by atoms with E-state index >= 15 is 0 Å². The van der Waals surface area contributed by atoms with E-state index in [9.17, 15) is 9.59 Å². The Labute approximate surface area is 264 Å². The van der Waals surface area contributed by atoms with Crippen molar-refractivity contribution in [2.45, 2.75) is 52.4 Å². The summed E-state index contributed by atoms with van der Waals surface area (Å²) in [6.07, 6.45) is 5.45. The highest BCUT2D eigenvalue weighted by molar-refractivity contribution is 5.99. The average molecular weight is 609 g/mol. The minimum absolute atomic E-state index is 0.128. The van der Waals surface area contributed by atoms with Crippen LogP contribution in [-0.4, -0.2) is 100 Å². The minimum Gasteiger partial charge on any atom is -0.494 e. The largest absolute Gasteiger partial charge is 0.494 e. The van der Waals surface area contributed by atoms with Crippen LogP contribution in [0.15, 0.2) is 48.5 Å². The summed E-state index contributed by atoms with van der Waals surface area (Å²) in [5.74, 6) is 1.41. The molecular formula is C36H52N2O6. The zero-order valence-electron chi connectivity index (χ0n) is 26.8. The predicted molar refractivity (Wildman–Crippen MR) is 173 cm³/mol. The van der Waals surface area contributed by atoms with Gasteiger partial charge >= 0.3 is 0 Å². The third kappa shape index (κ3) is 11.0. The molecule has 242 valence electrons. The number of hydrogen-bond donors (Lipinski definition) is 0. The monoisotopic (exact) mass is 608 g/mol. The number of hydrogen-bond acceptors (Lipinski definition) is 8. The quantitative estimate of drug-likeness (QED) is 0.147. The molecule has 0 radical (unpaired) electrons. The average Bonchev–Trinajstić information content (AvgIpc) is 3.07. The molecule has 8 nitrogen and oxygen atoms in total. The number of benzene rings is 2.